The Hall–Kier alpha value is -0.890. The molecule has 0 radical (unpaired) electrons. The molecule has 2 N–H and O–H groups in total. The second-order valence-corrected chi connectivity index (χ2v) is 1.03. The molecule has 0 aromatic rings. The van der Waals surface area contributed by atoms with Gasteiger partial charge >= 0.3 is 0 Å². The van der Waals surface area contributed by atoms with Crippen LogP contribution in [0.15, 0.2) is 15.7 Å². The van der Waals surface area contributed by atoms with Crippen molar-refractivity contribution in [1.82, 2.24) is 5.34 Å². The van der Waals surface area contributed by atoms with Crippen LogP contribution in [0.5, 0.6) is 0 Å². The lowest BCUT2D eigenvalue weighted by atomic mass is 12.4. The lowest BCUT2D eigenvalue weighted by molar-refractivity contribution is -0.695. The summed E-state index contributed by atoms with van der Waals surface area (Å²) in [5, 5.41) is 22.3. The van der Waals surface area contributed by atoms with Crippen LogP contribution in [0.1, 0.15) is 0 Å². The minimum Gasteiger partial charge on any atom is -0.219 e. The van der Waals surface area contributed by atoms with Crippen LogP contribution in [0.3, 0.4) is 0 Å². The quantitative estimate of drug-likeness (QED) is 0.180. The zero-order valence-electron chi connectivity index (χ0n) is 5.22. The van der Waals surface area contributed by atoms with Gasteiger partial charge in [-0.25, -0.2) is 5.26 Å². The lowest BCUT2D eigenvalue weighted by Crippen LogP contribution is -2.17. The van der Waals surface area contributed by atoms with Gasteiger partial charge in [-0.1, -0.05) is 0 Å². The Morgan fingerprint density at radius 2 is 2.17 bits per heavy atom. The van der Waals surface area contributed by atoms with Gasteiger partial charge in [0.1, 0.15) is 0 Å². The van der Waals surface area contributed by atoms with Crippen LogP contribution in [0, 0.1) is 5.53 Å². The van der Waals surface area contributed by atoms with Crippen molar-refractivity contribution in [2.24, 2.45) is 15.7 Å². The van der Waals surface area contributed by atoms with Crippen molar-refractivity contribution < 1.29 is 29.6 Å². The maximum absolute atomic E-state index is 7.70. The fourth-order valence-electron chi connectivity index (χ4n) is 0.163. The van der Waals surface area contributed by atoms with Crippen molar-refractivity contribution >= 4 is 12.9 Å². The molecule has 0 aromatic carbocycles. The molecule has 0 aromatic heterocycles. The molecule has 11 nitrogen and oxygen atoms in total. The molecule has 0 rings (SSSR count). The van der Waals surface area contributed by atoms with Crippen LogP contribution >= 0.6 is 12.9 Å². The molecule has 12 heteroatoms. The van der Waals surface area contributed by atoms with E-state index < -0.39 is 0 Å². The van der Waals surface area contributed by atoms with Crippen LogP contribution in [0.25, 0.3) is 0 Å². The molecule has 0 atom stereocenters. The summed E-state index contributed by atoms with van der Waals surface area (Å²) in [5.41, 5.74) is 6.14. The van der Waals surface area contributed by atoms with Gasteiger partial charge in [0.15, 0.2) is 0 Å². The summed E-state index contributed by atoms with van der Waals surface area (Å²) in [4.78, 5) is 7.53. The van der Waals surface area contributed by atoms with Gasteiger partial charge in [0, 0.05) is 18.1 Å². The SMILES string of the molecule is N=N/N=N/N(OOO)OOOS. The number of rotatable bonds is 7. The molecule has 0 aliphatic heterocycles. The summed E-state index contributed by atoms with van der Waals surface area (Å²) < 4.78 is 3.63. The summed E-state index contributed by atoms with van der Waals surface area (Å²) in [6, 6.07) is 0. The third-order valence-corrected chi connectivity index (χ3v) is 0.440. The van der Waals surface area contributed by atoms with Crippen LogP contribution < -0.4 is 0 Å². The van der Waals surface area contributed by atoms with E-state index in [-0.39, 0.29) is 5.34 Å². The number of hydrogen-bond donors (Lipinski definition) is 3. The molecule has 0 bridgehead atoms. The van der Waals surface area contributed by atoms with Crippen molar-refractivity contribution in [2.45, 2.75) is 0 Å². The van der Waals surface area contributed by atoms with Crippen molar-refractivity contribution in [3.8, 4) is 0 Å². The van der Waals surface area contributed by atoms with E-state index in [1.54, 1.807) is 0 Å². The van der Waals surface area contributed by atoms with E-state index in [0.29, 0.717) is 0 Å². The van der Waals surface area contributed by atoms with Gasteiger partial charge in [-0.2, -0.15) is 5.53 Å². The average Bonchev–Trinajstić information content (AvgIpc) is 2.10. The van der Waals surface area contributed by atoms with Crippen molar-refractivity contribution in [2.75, 3.05) is 0 Å². The van der Waals surface area contributed by atoms with Gasteiger partial charge in [-0.3, -0.25) is 0 Å². The Balaban J connectivity index is 3.68. The Bertz CT molecular complexity index is 138. The minimum atomic E-state index is -0.0196. The predicted octanol–water partition coefficient (Wildman–Crippen LogP) is 0.577. The molecule has 0 heterocycles. The van der Waals surface area contributed by atoms with Crippen LogP contribution in [-0.2, 0) is 24.4 Å². The predicted molar refractivity (Wildman–Crippen MR) is 28.9 cm³/mol. The number of hydrogen-bond acceptors (Lipinski definition) is 9. The topological polar surface area (TPSA) is 131 Å². The third kappa shape index (κ3) is 5.86. The van der Waals surface area contributed by atoms with Crippen LogP contribution in [0.4, 0.5) is 0 Å². The van der Waals surface area contributed by atoms with Gasteiger partial charge in [0.2, 0.25) is 0 Å². The minimum absolute atomic E-state index is 0.0196. The van der Waals surface area contributed by atoms with E-state index in [0.717, 1.165) is 0 Å². The Labute approximate surface area is 70.1 Å². The first-order valence-corrected chi connectivity index (χ1v) is 2.42. The highest BCUT2D eigenvalue weighted by Gasteiger charge is 2.05. The number of nitrogens with zero attached hydrogens (tertiary/aromatic N) is 4. The van der Waals surface area contributed by atoms with E-state index >= 15 is 0 Å². The molecule has 0 fully saturated rings. The van der Waals surface area contributed by atoms with E-state index in [4.69, 9.17) is 10.8 Å². The normalized spacial score (nSPS) is 10.5. The number of nitrogens with one attached hydrogen (secondary N) is 1. The zero-order valence-corrected chi connectivity index (χ0v) is 6.12. The van der Waals surface area contributed by atoms with Gasteiger partial charge in [-0.15, -0.1) is 4.33 Å². The van der Waals surface area contributed by atoms with Crippen molar-refractivity contribution in [3.63, 3.8) is 0 Å². The van der Waals surface area contributed by atoms with Gasteiger partial charge in [0.05, 0.1) is 5.34 Å². The van der Waals surface area contributed by atoms with Crippen molar-refractivity contribution in [1.29, 1.82) is 5.53 Å². The Morgan fingerprint density at radius 3 is 2.67 bits per heavy atom. The molecule has 0 aliphatic carbocycles. The van der Waals surface area contributed by atoms with Crippen LogP contribution in [0.2, 0.25) is 0 Å². The summed E-state index contributed by atoms with van der Waals surface area (Å²) in [7, 11) is 0. The van der Waals surface area contributed by atoms with Gasteiger partial charge in [0.25, 0.3) is 0 Å². The second kappa shape index (κ2) is 8.21. The molecule has 12 heavy (non-hydrogen) atoms. The Kier molecular flexibility index (Phi) is 7.60. The molecule has 70 valence electrons. The molecule has 0 aliphatic rings. The van der Waals surface area contributed by atoms with E-state index in [1.165, 1.54) is 0 Å². The fraction of sp³-hybridized carbons (Fsp3) is 0. The maximum atomic E-state index is 7.70. The first-order valence-electron chi connectivity index (χ1n) is 2.05. The third-order valence-electron chi connectivity index (χ3n) is 0.379. The maximum Gasteiger partial charge on any atom is 0.0558 e. The van der Waals surface area contributed by atoms with E-state index in [1.807, 2.05) is 0 Å². The molecular formula is H3N5O6S. The van der Waals surface area contributed by atoms with Gasteiger partial charge < -0.3 is 0 Å². The number of thiol groups is 1. The lowest BCUT2D eigenvalue weighted by Gasteiger charge is -2.05. The first-order chi connectivity index (χ1) is 5.85. The molecule has 0 saturated carbocycles. The zero-order chi connectivity index (χ0) is 9.23. The summed E-state index contributed by atoms with van der Waals surface area (Å²) in [5.74, 6) is 0. The van der Waals surface area contributed by atoms with E-state index in [9.17, 15) is 0 Å². The molecule has 0 unspecified atom stereocenters. The van der Waals surface area contributed by atoms with Crippen molar-refractivity contribution in [3.05, 3.63) is 0 Å². The average molecular weight is 201 g/mol. The Morgan fingerprint density at radius 1 is 1.42 bits per heavy atom. The summed E-state index contributed by atoms with van der Waals surface area (Å²) in [6.45, 7) is 0. The molecular weight excluding hydrogens is 198 g/mol. The van der Waals surface area contributed by atoms with Gasteiger partial charge in [-0.05, 0) is 30.5 Å². The fourth-order valence-corrected chi connectivity index (χ4v) is 0.190. The van der Waals surface area contributed by atoms with Crippen LogP contribution in [-0.4, -0.2) is 10.6 Å². The largest absolute Gasteiger partial charge is 0.219 e. The first kappa shape index (κ1) is 11.1. The highest BCUT2D eigenvalue weighted by Crippen LogP contribution is 1.97. The van der Waals surface area contributed by atoms with E-state index in [2.05, 4.69) is 53.0 Å². The highest BCUT2D eigenvalue weighted by molar-refractivity contribution is 7.74. The molecule has 0 amide bonds. The molecule has 0 saturated heterocycles. The smallest absolute Gasteiger partial charge is 0.0558 e. The summed E-state index contributed by atoms with van der Waals surface area (Å²) >= 11 is 3.09. The monoisotopic (exact) mass is 201 g/mol. The second-order valence-electron chi connectivity index (χ2n) is 0.883. The molecule has 0 spiro atoms. The summed E-state index contributed by atoms with van der Waals surface area (Å²) in [6.07, 6.45) is 0. The standard InChI is InChI=1S/H3N5O6S/c1-2-3-4-5(7-9-6)8-10-11-12/h1,6,12H/b2-1?,4-3+. The highest BCUT2D eigenvalue weighted by atomic mass is 32.1.